The van der Waals surface area contributed by atoms with E-state index in [0.29, 0.717) is 10.7 Å². The Balaban J connectivity index is 2.54. The Bertz CT molecular complexity index is 473. The Kier molecular flexibility index (Phi) is 6.62. The van der Waals surface area contributed by atoms with Crippen molar-refractivity contribution >= 4 is 23.1 Å². The third-order valence-corrected chi connectivity index (χ3v) is 4.18. The highest BCUT2D eigenvalue weighted by Crippen LogP contribution is 2.19. The molecule has 0 aliphatic heterocycles. The first-order valence-corrected chi connectivity index (χ1v) is 7.70. The van der Waals surface area contributed by atoms with Crippen molar-refractivity contribution in [3.05, 3.63) is 29.8 Å². The van der Waals surface area contributed by atoms with Crippen LogP contribution in [0.15, 0.2) is 24.3 Å². The molecule has 0 saturated carbocycles. The largest absolute Gasteiger partial charge is 0.484 e. The number of amides is 1. The van der Waals surface area contributed by atoms with Gasteiger partial charge in [0.15, 0.2) is 6.61 Å². The molecule has 0 aliphatic rings. The fraction of sp³-hybridized carbons (Fsp3) is 0.500. The van der Waals surface area contributed by atoms with Crippen LogP contribution in [0.5, 0.6) is 5.75 Å². The van der Waals surface area contributed by atoms with Crippen molar-refractivity contribution in [2.75, 3.05) is 6.61 Å². The van der Waals surface area contributed by atoms with Crippen LogP contribution in [-0.4, -0.2) is 23.0 Å². The first-order valence-electron chi connectivity index (χ1n) is 7.30. The van der Waals surface area contributed by atoms with Gasteiger partial charge in [-0.3, -0.25) is 4.79 Å². The van der Waals surface area contributed by atoms with Crippen LogP contribution in [0.2, 0.25) is 0 Å². The predicted octanol–water partition coefficient (Wildman–Crippen LogP) is 2.78. The quantitative estimate of drug-likeness (QED) is 0.725. The zero-order valence-electron chi connectivity index (χ0n) is 12.9. The monoisotopic (exact) mass is 308 g/mol. The van der Waals surface area contributed by atoms with Gasteiger partial charge in [-0.2, -0.15) is 0 Å². The molecule has 0 bridgehead atoms. The third-order valence-electron chi connectivity index (χ3n) is 3.94. The number of carbonyl (C=O) groups is 1. The van der Waals surface area contributed by atoms with Gasteiger partial charge in [0.2, 0.25) is 0 Å². The Morgan fingerprint density at radius 3 is 2.14 bits per heavy atom. The molecule has 0 aliphatic carbocycles. The van der Waals surface area contributed by atoms with Crippen LogP contribution in [0.3, 0.4) is 0 Å². The minimum Gasteiger partial charge on any atom is -0.484 e. The molecule has 0 saturated heterocycles. The molecule has 0 atom stereocenters. The Morgan fingerprint density at radius 1 is 1.19 bits per heavy atom. The Labute approximate surface area is 132 Å². The van der Waals surface area contributed by atoms with Crippen molar-refractivity contribution in [3.8, 4) is 5.75 Å². The van der Waals surface area contributed by atoms with Crippen LogP contribution >= 0.6 is 12.2 Å². The van der Waals surface area contributed by atoms with Gasteiger partial charge in [-0.25, -0.2) is 0 Å². The molecule has 4 nitrogen and oxygen atoms in total. The summed E-state index contributed by atoms with van der Waals surface area (Å²) in [6.45, 7) is 6.27. The Morgan fingerprint density at radius 2 is 1.71 bits per heavy atom. The normalized spacial score (nSPS) is 11.0. The van der Waals surface area contributed by atoms with Crippen molar-refractivity contribution in [3.63, 3.8) is 0 Å². The molecule has 1 aromatic carbocycles. The molecular weight excluding hydrogens is 284 g/mol. The summed E-state index contributed by atoms with van der Waals surface area (Å²) in [7, 11) is 0. The average molecular weight is 308 g/mol. The molecule has 116 valence electrons. The fourth-order valence-electron chi connectivity index (χ4n) is 2.21. The molecule has 1 aromatic rings. The summed E-state index contributed by atoms with van der Waals surface area (Å²) in [5.41, 5.74) is 6.18. The van der Waals surface area contributed by atoms with Crippen molar-refractivity contribution in [2.24, 2.45) is 5.73 Å². The number of hydrogen-bond acceptors (Lipinski definition) is 3. The van der Waals surface area contributed by atoms with E-state index in [1.807, 2.05) is 0 Å². The first-order chi connectivity index (χ1) is 9.96. The number of nitrogens with one attached hydrogen (secondary N) is 1. The standard InChI is InChI=1S/C16H24N2O2S/c1-4-16(5-2,6-3)18-14(19)11-20-13-9-7-12(8-10-13)15(17)21/h7-10H,4-6,11H2,1-3H3,(H2,17,21)(H,18,19). The number of thiocarbonyl (C=S) groups is 1. The van der Waals surface area contributed by atoms with Crippen molar-refractivity contribution < 1.29 is 9.53 Å². The van der Waals surface area contributed by atoms with E-state index in [2.05, 4.69) is 26.1 Å². The number of nitrogens with two attached hydrogens (primary N) is 1. The molecule has 1 rings (SSSR count). The lowest BCUT2D eigenvalue weighted by Crippen LogP contribution is -2.48. The summed E-state index contributed by atoms with van der Waals surface area (Å²) in [5, 5.41) is 3.07. The number of benzene rings is 1. The van der Waals surface area contributed by atoms with Crippen LogP contribution in [0.25, 0.3) is 0 Å². The van der Waals surface area contributed by atoms with E-state index in [-0.39, 0.29) is 18.1 Å². The lowest BCUT2D eigenvalue weighted by molar-refractivity contribution is -0.125. The highest BCUT2D eigenvalue weighted by atomic mass is 32.1. The lowest BCUT2D eigenvalue weighted by atomic mass is 9.90. The van der Waals surface area contributed by atoms with Gasteiger partial charge in [-0.15, -0.1) is 0 Å². The van der Waals surface area contributed by atoms with Crippen LogP contribution in [0, 0.1) is 0 Å². The molecule has 0 unspecified atom stereocenters. The van der Waals surface area contributed by atoms with Crippen molar-refractivity contribution in [2.45, 2.75) is 45.6 Å². The molecule has 3 N–H and O–H groups in total. The van der Waals surface area contributed by atoms with Crippen LogP contribution < -0.4 is 15.8 Å². The van der Waals surface area contributed by atoms with E-state index in [1.165, 1.54) is 0 Å². The summed E-state index contributed by atoms with van der Waals surface area (Å²) in [6.07, 6.45) is 2.73. The summed E-state index contributed by atoms with van der Waals surface area (Å²) in [4.78, 5) is 12.4. The molecule has 0 radical (unpaired) electrons. The van der Waals surface area contributed by atoms with Gasteiger partial charge in [0.05, 0.1) is 0 Å². The Hall–Kier alpha value is -1.62. The van der Waals surface area contributed by atoms with Crippen LogP contribution in [-0.2, 0) is 4.79 Å². The van der Waals surface area contributed by atoms with E-state index >= 15 is 0 Å². The first kappa shape index (κ1) is 17.4. The summed E-state index contributed by atoms with van der Waals surface area (Å²) >= 11 is 4.88. The van der Waals surface area contributed by atoms with Gasteiger partial charge in [0.1, 0.15) is 10.7 Å². The maximum Gasteiger partial charge on any atom is 0.258 e. The predicted molar refractivity (Wildman–Crippen MR) is 89.6 cm³/mol. The molecular formula is C16H24N2O2S. The minimum absolute atomic E-state index is 0.00810. The second kappa shape index (κ2) is 7.98. The average Bonchev–Trinajstić information content (AvgIpc) is 2.51. The minimum atomic E-state index is -0.129. The SMILES string of the molecule is CCC(CC)(CC)NC(=O)COc1ccc(C(N)=S)cc1. The smallest absolute Gasteiger partial charge is 0.258 e. The highest BCUT2D eigenvalue weighted by Gasteiger charge is 2.25. The number of hydrogen-bond donors (Lipinski definition) is 2. The summed E-state index contributed by atoms with van der Waals surface area (Å²) < 4.78 is 5.49. The molecule has 0 spiro atoms. The van der Waals surface area contributed by atoms with E-state index < -0.39 is 0 Å². The second-order valence-corrected chi connectivity index (χ2v) is 5.51. The van der Waals surface area contributed by atoms with Gasteiger partial charge < -0.3 is 15.8 Å². The molecule has 21 heavy (non-hydrogen) atoms. The van der Waals surface area contributed by atoms with Gasteiger partial charge in [0.25, 0.3) is 5.91 Å². The number of rotatable bonds is 8. The van der Waals surface area contributed by atoms with E-state index in [1.54, 1.807) is 24.3 Å². The van der Waals surface area contributed by atoms with Crippen LogP contribution in [0.1, 0.15) is 45.6 Å². The maximum atomic E-state index is 12.0. The second-order valence-electron chi connectivity index (χ2n) is 5.07. The molecule has 0 aromatic heterocycles. The van der Waals surface area contributed by atoms with E-state index in [9.17, 15) is 4.79 Å². The topological polar surface area (TPSA) is 64.3 Å². The zero-order valence-corrected chi connectivity index (χ0v) is 13.8. The molecule has 1 amide bonds. The maximum absolute atomic E-state index is 12.0. The lowest BCUT2D eigenvalue weighted by Gasteiger charge is -2.31. The zero-order chi connectivity index (χ0) is 15.9. The number of carbonyl (C=O) groups excluding carboxylic acids is 1. The van der Waals surface area contributed by atoms with E-state index in [4.69, 9.17) is 22.7 Å². The van der Waals surface area contributed by atoms with E-state index in [0.717, 1.165) is 24.8 Å². The third kappa shape index (κ3) is 5.01. The fourth-order valence-corrected chi connectivity index (χ4v) is 2.35. The number of ether oxygens (including phenoxy) is 1. The van der Waals surface area contributed by atoms with Crippen LogP contribution in [0.4, 0.5) is 0 Å². The van der Waals surface area contributed by atoms with Crippen molar-refractivity contribution in [1.29, 1.82) is 0 Å². The van der Waals surface area contributed by atoms with Gasteiger partial charge in [0, 0.05) is 11.1 Å². The molecule has 5 heteroatoms. The van der Waals surface area contributed by atoms with Crippen molar-refractivity contribution in [1.82, 2.24) is 5.32 Å². The van der Waals surface area contributed by atoms with Gasteiger partial charge in [-0.05, 0) is 43.5 Å². The van der Waals surface area contributed by atoms with Gasteiger partial charge >= 0.3 is 0 Å². The molecule has 0 fully saturated rings. The van der Waals surface area contributed by atoms with Gasteiger partial charge in [-0.1, -0.05) is 33.0 Å². The molecule has 0 heterocycles. The highest BCUT2D eigenvalue weighted by molar-refractivity contribution is 7.80. The summed E-state index contributed by atoms with van der Waals surface area (Å²) in [6, 6.07) is 7.08. The summed E-state index contributed by atoms with van der Waals surface area (Å²) in [5.74, 6) is 0.527.